The molecule has 504 valence electrons. The van der Waals surface area contributed by atoms with Crippen LogP contribution in [0.2, 0.25) is 0 Å². The van der Waals surface area contributed by atoms with E-state index in [1.165, 1.54) is 148 Å². The summed E-state index contributed by atoms with van der Waals surface area (Å²) in [6, 6.07) is -0.839. The molecule has 0 aliphatic carbocycles. The van der Waals surface area contributed by atoms with E-state index in [2.05, 4.69) is 104 Å². The molecule has 12 unspecified atom stereocenters. The maximum Gasteiger partial charge on any atom is 0.220 e. The monoisotopic (exact) mass is 1230 g/mol. The minimum Gasteiger partial charge on any atom is -0.394 e. The first-order valence-corrected chi connectivity index (χ1v) is 35.3. The van der Waals surface area contributed by atoms with E-state index in [-0.39, 0.29) is 12.5 Å². The maximum absolute atomic E-state index is 13.4. The summed E-state index contributed by atoms with van der Waals surface area (Å²) in [4.78, 5) is 13.4. The van der Waals surface area contributed by atoms with Gasteiger partial charge in [0, 0.05) is 6.42 Å². The molecule has 12 atom stereocenters. The number of ether oxygens (including phenoxy) is 4. The van der Waals surface area contributed by atoms with Gasteiger partial charge in [-0.05, 0) is 70.6 Å². The molecule has 2 aliphatic heterocycles. The van der Waals surface area contributed by atoms with Gasteiger partial charge in [-0.1, -0.05) is 285 Å². The minimum atomic E-state index is -1.79. The lowest BCUT2D eigenvalue weighted by Gasteiger charge is -2.46. The fraction of sp³-hybridized carbons (Fsp3) is 0.795. The number of amides is 1. The summed E-state index contributed by atoms with van der Waals surface area (Å²) in [5, 5.41) is 87.6. The molecule has 0 saturated carbocycles. The van der Waals surface area contributed by atoms with Crippen molar-refractivity contribution in [2.75, 3.05) is 19.8 Å². The van der Waals surface area contributed by atoms with Crippen LogP contribution < -0.4 is 5.32 Å². The number of hydrogen-bond donors (Lipinski definition) is 9. The number of unbranched alkanes of at least 4 members (excludes halogenated alkanes) is 30. The molecule has 87 heavy (non-hydrogen) atoms. The van der Waals surface area contributed by atoms with Crippen molar-refractivity contribution in [2.45, 2.75) is 351 Å². The zero-order valence-electron chi connectivity index (χ0n) is 54.7. The third-order valence-corrected chi connectivity index (χ3v) is 16.9. The highest BCUT2D eigenvalue weighted by Gasteiger charge is 2.51. The molecule has 1 amide bonds. The largest absolute Gasteiger partial charge is 0.394 e. The van der Waals surface area contributed by atoms with Crippen LogP contribution in [0.4, 0.5) is 0 Å². The van der Waals surface area contributed by atoms with E-state index >= 15 is 0 Å². The Kier molecular flexibility index (Phi) is 52.7. The second-order valence-corrected chi connectivity index (χ2v) is 24.6. The highest BCUT2D eigenvalue weighted by atomic mass is 16.7. The summed E-state index contributed by atoms with van der Waals surface area (Å²) in [5.74, 6) is -0.213. The Labute approximate surface area is 529 Å². The Balaban J connectivity index is 1.68. The Morgan fingerprint density at radius 1 is 0.425 bits per heavy atom. The average molecular weight is 1230 g/mol. The lowest BCUT2D eigenvalue weighted by Crippen LogP contribution is -2.65. The van der Waals surface area contributed by atoms with Crippen LogP contribution in [0.5, 0.6) is 0 Å². The van der Waals surface area contributed by atoms with Crippen molar-refractivity contribution in [2.24, 2.45) is 0 Å². The van der Waals surface area contributed by atoms with E-state index in [0.717, 1.165) is 96.3 Å². The normalized spacial score (nSPS) is 23.8. The van der Waals surface area contributed by atoms with Crippen LogP contribution in [0, 0.1) is 0 Å². The number of carbonyl (C=O) groups excluding carboxylic acids is 1. The van der Waals surface area contributed by atoms with Gasteiger partial charge in [0.1, 0.15) is 48.8 Å². The SMILES string of the molecule is CC/C=C\C/C=C\C/C=C\C/C=C\C/C=C\C/C=C\C/C=C\CCCCCCCCCCCC(=O)NC(COC1OC(CO)C(OC2OC(CO)C(O)C(O)C2O)C(O)C1O)C(O)CCCCCCCCCCCCCCCCCCCCCCCC. The topological polar surface area (TPSA) is 228 Å². The van der Waals surface area contributed by atoms with E-state index in [4.69, 9.17) is 18.9 Å². The quantitative estimate of drug-likeness (QED) is 0.0204. The fourth-order valence-electron chi connectivity index (χ4n) is 11.3. The number of aliphatic hydroxyl groups is 8. The summed E-state index contributed by atoms with van der Waals surface area (Å²) in [7, 11) is 0. The first-order chi connectivity index (χ1) is 42.6. The molecule has 0 radical (unpaired) electrons. The first-order valence-electron chi connectivity index (χ1n) is 35.3. The molecule has 14 heteroatoms. The second-order valence-electron chi connectivity index (χ2n) is 24.6. The van der Waals surface area contributed by atoms with Gasteiger partial charge in [0.05, 0.1) is 32.0 Å². The second kappa shape index (κ2) is 57.1. The molecule has 0 aromatic carbocycles. The molecule has 2 rings (SSSR count). The third-order valence-electron chi connectivity index (χ3n) is 16.9. The van der Waals surface area contributed by atoms with Gasteiger partial charge in [0.15, 0.2) is 12.6 Å². The van der Waals surface area contributed by atoms with E-state index in [9.17, 15) is 45.6 Å². The highest BCUT2D eigenvalue weighted by molar-refractivity contribution is 5.76. The minimum absolute atomic E-state index is 0.213. The first kappa shape index (κ1) is 80.3. The van der Waals surface area contributed by atoms with Gasteiger partial charge < -0.3 is 65.1 Å². The summed E-state index contributed by atoms with van der Waals surface area (Å²) < 4.78 is 22.9. The molecule has 2 heterocycles. The van der Waals surface area contributed by atoms with Crippen LogP contribution in [-0.2, 0) is 23.7 Å². The van der Waals surface area contributed by atoms with Gasteiger partial charge in [-0.3, -0.25) is 4.79 Å². The van der Waals surface area contributed by atoms with Gasteiger partial charge >= 0.3 is 0 Å². The van der Waals surface area contributed by atoms with Crippen LogP contribution in [0.1, 0.15) is 277 Å². The summed E-state index contributed by atoms with van der Waals surface area (Å²) in [6.45, 7) is 2.77. The van der Waals surface area contributed by atoms with Gasteiger partial charge in [-0.25, -0.2) is 0 Å². The number of aliphatic hydroxyl groups excluding tert-OH is 8. The van der Waals surface area contributed by atoms with E-state index in [1.807, 2.05) is 0 Å². The number of carbonyl (C=O) groups is 1. The van der Waals surface area contributed by atoms with E-state index < -0.39 is 86.8 Å². The number of allylic oxidation sites excluding steroid dienone is 14. The highest BCUT2D eigenvalue weighted by Crippen LogP contribution is 2.30. The Hall–Kier alpha value is -2.83. The lowest BCUT2D eigenvalue weighted by atomic mass is 9.97. The zero-order valence-corrected chi connectivity index (χ0v) is 54.7. The van der Waals surface area contributed by atoms with Crippen LogP contribution in [0.15, 0.2) is 85.1 Å². The maximum atomic E-state index is 13.4. The fourth-order valence-corrected chi connectivity index (χ4v) is 11.3. The predicted octanol–water partition coefficient (Wildman–Crippen LogP) is 14.4. The summed E-state index contributed by atoms with van der Waals surface area (Å²) in [6.07, 6.45) is 61.5. The molecule has 2 saturated heterocycles. The van der Waals surface area contributed by atoms with Crippen LogP contribution in [0.3, 0.4) is 0 Å². The van der Waals surface area contributed by atoms with Gasteiger partial charge in [0.2, 0.25) is 5.91 Å². The molecular formula is C73H129NO13. The molecule has 0 spiro atoms. The smallest absolute Gasteiger partial charge is 0.220 e. The number of hydrogen-bond acceptors (Lipinski definition) is 13. The molecule has 0 aromatic heterocycles. The van der Waals surface area contributed by atoms with Crippen molar-refractivity contribution in [3.63, 3.8) is 0 Å². The van der Waals surface area contributed by atoms with Gasteiger partial charge in [-0.15, -0.1) is 0 Å². The molecule has 0 aromatic rings. The van der Waals surface area contributed by atoms with Gasteiger partial charge in [0.25, 0.3) is 0 Å². The van der Waals surface area contributed by atoms with Crippen molar-refractivity contribution in [3.05, 3.63) is 85.1 Å². The van der Waals surface area contributed by atoms with Crippen molar-refractivity contribution in [3.8, 4) is 0 Å². The average Bonchev–Trinajstić information content (AvgIpc) is 2.33. The van der Waals surface area contributed by atoms with Gasteiger partial charge in [-0.2, -0.15) is 0 Å². The predicted molar refractivity (Wildman–Crippen MR) is 355 cm³/mol. The van der Waals surface area contributed by atoms with E-state index in [1.54, 1.807) is 0 Å². The number of rotatable bonds is 57. The molecular weight excluding hydrogens is 1100 g/mol. The van der Waals surface area contributed by atoms with Crippen molar-refractivity contribution < 1.29 is 64.6 Å². The van der Waals surface area contributed by atoms with Crippen LogP contribution in [-0.4, -0.2) is 140 Å². The molecule has 2 aliphatic rings. The Morgan fingerprint density at radius 3 is 1.22 bits per heavy atom. The van der Waals surface area contributed by atoms with Crippen molar-refractivity contribution in [1.82, 2.24) is 5.32 Å². The summed E-state index contributed by atoms with van der Waals surface area (Å²) in [5.41, 5.74) is 0. The standard InChI is InChI=1S/C73H129NO13/c1-3-5-7-9-11-13-15-17-19-21-23-25-27-28-29-30-31-32-33-34-35-37-39-41-43-45-47-49-51-53-55-57-65(78)74-61(60-84-72-70(83)68(81)71(64(59-76)86-72)87-73-69(82)67(80)66(79)63(58-75)85-73)62(77)56-54-52-50-48-46-44-42-40-38-36-26-24-22-20-18-16-14-12-10-8-6-4-2/h5,7,11,13,17,19,23,25,28-29,31-32,34-35,61-64,66-73,75-77,79-83H,3-4,6,8-10,12,14-16,18,20-22,24,26-27,30,33,36-60H2,1-2H3,(H,74,78)/b7-5-,13-11-,19-17-,25-23-,29-28-,32-31-,35-34-. The summed E-state index contributed by atoms with van der Waals surface area (Å²) >= 11 is 0. The molecule has 14 nitrogen and oxygen atoms in total. The molecule has 2 fully saturated rings. The lowest BCUT2D eigenvalue weighted by molar-refractivity contribution is -0.359. The van der Waals surface area contributed by atoms with Crippen LogP contribution in [0.25, 0.3) is 0 Å². The van der Waals surface area contributed by atoms with Crippen LogP contribution >= 0.6 is 0 Å². The zero-order chi connectivity index (χ0) is 63.1. The Bertz CT molecular complexity index is 1780. The van der Waals surface area contributed by atoms with Crippen molar-refractivity contribution >= 4 is 5.91 Å². The number of nitrogens with one attached hydrogen (secondary N) is 1. The molecule has 0 bridgehead atoms. The Morgan fingerprint density at radius 2 is 0.793 bits per heavy atom. The van der Waals surface area contributed by atoms with E-state index in [0.29, 0.717) is 19.3 Å². The third kappa shape index (κ3) is 41.3. The molecule has 9 N–H and O–H groups in total. The van der Waals surface area contributed by atoms with Crippen molar-refractivity contribution in [1.29, 1.82) is 0 Å².